The minimum atomic E-state index is 0.569. The lowest BCUT2D eigenvalue weighted by Gasteiger charge is -1.96. The quantitative estimate of drug-likeness (QED) is 0.695. The van der Waals surface area contributed by atoms with Gasteiger partial charge in [0.2, 0.25) is 0 Å². The number of pyridine rings is 1. The zero-order valence-electron chi connectivity index (χ0n) is 7.40. The molecule has 0 bridgehead atoms. The van der Waals surface area contributed by atoms with Crippen molar-refractivity contribution in [3.05, 3.63) is 42.1 Å². The minimum Gasteiger partial charge on any atom is -0.383 e. The maximum Gasteiger partial charge on any atom is 0.130 e. The molecule has 0 aromatic carbocycles. The summed E-state index contributed by atoms with van der Waals surface area (Å²) in [6, 6.07) is 3.85. The first-order valence-electron chi connectivity index (χ1n) is 4.34. The van der Waals surface area contributed by atoms with Gasteiger partial charge in [-0.15, -0.1) is 0 Å². The fourth-order valence-corrected chi connectivity index (χ4v) is 1.22. The summed E-state index contributed by atoms with van der Waals surface area (Å²) in [7, 11) is 0. The van der Waals surface area contributed by atoms with Crippen LogP contribution in [-0.2, 0) is 0 Å². The molecule has 1 aromatic rings. The van der Waals surface area contributed by atoms with Gasteiger partial charge in [-0.3, -0.25) is 0 Å². The number of aromatic nitrogens is 1. The molecule has 1 aromatic heterocycles. The van der Waals surface area contributed by atoms with Gasteiger partial charge in [0.05, 0.1) is 0 Å². The van der Waals surface area contributed by atoms with Crippen LogP contribution in [0.3, 0.4) is 0 Å². The zero-order chi connectivity index (χ0) is 9.26. The summed E-state index contributed by atoms with van der Waals surface area (Å²) in [6.45, 7) is 3.88. The molecule has 1 heterocycles. The van der Waals surface area contributed by atoms with Crippen molar-refractivity contribution in [2.24, 2.45) is 5.92 Å². The van der Waals surface area contributed by atoms with Crippen LogP contribution in [0.25, 0.3) is 6.08 Å². The van der Waals surface area contributed by atoms with Crippen LogP contribution in [0.1, 0.15) is 12.0 Å². The first-order valence-corrected chi connectivity index (χ1v) is 4.34. The highest BCUT2D eigenvalue weighted by Gasteiger charge is 2.23. The van der Waals surface area contributed by atoms with E-state index in [9.17, 15) is 0 Å². The molecule has 0 amide bonds. The van der Waals surface area contributed by atoms with Crippen molar-refractivity contribution < 1.29 is 0 Å². The molecule has 66 valence electrons. The van der Waals surface area contributed by atoms with E-state index < -0.39 is 0 Å². The lowest BCUT2D eigenvalue weighted by Crippen LogP contribution is -1.91. The minimum absolute atomic E-state index is 0.569. The van der Waals surface area contributed by atoms with Gasteiger partial charge in [0, 0.05) is 17.7 Å². The Kier molecular flexibility index (Phi) is 1.89. The Balaban J connectivity index is 2.13. The molecule has 1 atom stereocenters. The zero-order valence-corrected chi connectivity index (χ0v) is 7.40. The van der Waals surface area contributed by atoms with Crippen LogP contribution in [0.15, 0.2) is 36.6 Å². The molecule has 1 aliphatic carbocycles. The van der Waals surface area contributed by atoms with E-state index >= 15 is 0 Å². The van der Waals surface area contributed by atoms with Gasteiger partial charge in [-0.05, 0) is 18.6 Å². The number of anilines is 1. The average Bonchev–Trinajstić information content (AvgIpc) is 2.81. The monoisotopic (exact) mass is 172 g/mol. The molecular weight excluding hydrogens is 160 g/mol. The molecule has 0 spiro atoms. The third-order valence-corrected chi connectivity index (χ3v) is 2.23. The van der Waals surface area contributed by atoms with E-state index in [1.807, 2.05) is 18.2 Å². The molecule has 13 heavy (non-hydrogen) atoms. The first-order chi connectivity index (χ1) is 6.27. The fourth-order valence-electron chi connectivity index (χ4n) is 1.22. The van der Waals surface area contributed by atoms with Crippen LogP contribution in [0.4, 0.5) is 5.82 Å². The van der Waals surface area contributed by atoms with Crippen LogP contribution in [0.2, 0.25) is 0 Å². The molecule has 1 unspecified atom stereocenters. The summed E-state index contributed by atoms with van der Waals surface area (Å²) in [5, 5.41) is 0. The van der Waals surface area contributed by atoms with Gasteiger partial charge >= 0.3 is 0 Å². The smallest absolute Gasteiger partial charge is 0.130 e. The summed E-state index contributed by atoms with van der Waals surface area (Å²) < 4.78 is 0. The van der Waals surface area contributed by atoms with Crippen molar-refractivity contribution in [2.75, 3.05) is 5.73 Å². The highest BCUT2D eigenvalue weighted by molar-refractivity contribution is 5.61. The molecule has 0 radical (unpaired) electrons. The van der Waals surface area contributed by atoms with E-state index in [2.05, 4.69) is 17.6 Å². The molecule has 0 saturated heterocycles. The largest absolute Gasteiger partial charge is 0.383 e. The van der Waals surface area contributed by atoms with Gasteiger partial charge < -0.3 is 5.73 Å². The van der Waals surface area contributed by atoms with Crippen LogP contribution >= 0.6 is 0 Å². The number of nitrogens with zero attached hydrogens (tertiary/aromatic N) is 1. The molecule has 1 fully saturated rings. The fraction of sp³-hybridized carbons (Fsp3) is 0.182. The summed E-state index contributed by atoms with van der Waals surface area (Å²) in [5.41, 5.74) is 7.97. The number of hydrogen-bond donors (Lipinski definition) is 1. The first kappa shape index (κ1) is 8.05. The van der Waals surface area contributed by atoms with Gasteiger partial charge in [0.1, 0.15) is 5.82 Å². The Morgan fingerprint density at radius 1 is 1.62 bits per heavy atom. The number of nitrogen functional groups attached to an aromatic ring is 1. The highest BCUT2D eigenvalue weighted by Crippen LogP contribution is 2.37. The Labute approximate surface area is 77.8 Å². The average molecular weight is 172 g/mol. The van der Waals surface area contributed by atoms with Crippen molar-refractivity contribution in [1.29, 1.82) is 0 Å². The van der Waals surface area contributed by atoms with Gasteiger partial charge in [-0.2, -0.15) is 0 Å². The second-order valence-corrected chi connectivity index (χ2v) is 3.31. The van der Waals surface area contributed by atoms with Crippen LogP contribution < -0.4 is 5.73 Å². The predicted molar refractivity (Wildman–Crippen MR) is 54.9 cm³/mol. The van der Waals surface area contributed by atoms with Crippen molar-refractivity contribution in [3.63, 3.8) is 0 Å². The molecule has 1 saturated carbocycles. The third kappa shape index (κ3) is 1.78. The molecule has 2 heteroatoms. The second kappa shape index (κ2) is 3.05. The van der Waals surface area contributed by atoms with Crippen molar-refractivity contribution >= 4 is 11.9 Å². The molecule has 1 aliphatic rings. The van der Waals surface area contributed by atoms with E-state index in [-0.39, 0.29) is 0 Å². The van der Waals surface area contributed by atoms with Crippen molar-refractivity contribution in [3.8, 4) is 0 Å². The molecule has 2 rings (SSSR count). The van der Waals surface area contributed by atoms with Gasteiger partial charge in [0.25, 0.3) is 0 Å². The topological polar surface area (TPSA) is 38.9 Å². The highest BCUT2D eigenvalue weighted by atomic mass is 14.8. The Bertz CT molecular complexity index is 366. The lowest BCUT2D eigenvalue weighted by molar-refractivity contribution is 1.17. The number of rotatable bonds is 2. The van der Waals surface area contributed by atoms with Crippen molar-refractivity contribution in [1.82, 2.24) is 4.98 Å². The third-order valence-electron chi connectivity index (χ3n) is 2.23. The van der Waals surface area contributed by atoms with E-state index in [1.165, 1.54) is 5.57 Å². The molecule has 2 N–H and O–H groups in total. The normalized spacial score (nSPS) is 20.9. The summed E-state index contributed by atoms with van der Waals surface area (Å²) in [4.78, 5) is 4.00. The van der Waals surface area contributed by atoms with Crippen LogP contribution in [0, 0.1) is 5.92 Å². The van der Waals surface area contributed by atoms with E-state index in [0.29, 0.717) is 11.7 Å². The second-order valence-electron chi connectivity index (χ2n) is 3.31. The van der Waals surface area contributed by atoms with E-state index in [4.69, 9.17) is 5.73 Å². The van der Waals surface area contributed by atoms with Gasteiger partial charge in [-0.25, -0.2) is 4.98 Å². The Morgan fingerprint density at radius 2 is 2.38 bits per heavy atom. The lowest BCUT2D eigenvalue weighted by atomic mass is 10.2. The molecule has 2 nitrogen and oxygen atoms in total. The maximum atomic E-state index is 5.68. The number of hydrogen-bond acceptors (Lipinski definition) is 2. The van der Waals surface area contributed by atoms with Gasteiger partial charge in [-0.1, -0.05) is 24.3 Å². The number of allylic oxidation sites excluding steroid dienone is 2. The summed E-state index contributed by atoms with van der Waals surface area (Å²) in [5.74, 6) is 1.16. The van der Waals surface area contributed by atoms with Crippen LogP contribution in [-0.4, -0.2) is 4.98 Å². The Hall–Kier alpha value is -1.57. The molecular formula is C11H12N2. The van der Waals surface area contributed by atoms with Crippen LogP contribution in [0.5, 0.6) is 0 Å². The van der Waals surface area contributed by atoms with E-state index in [0.717, 1.165) is 12.0 Å². The standard InChI is InChI=1S/C11H12N2/c1-8-7-10(8)5-4-9-3-2-6-13-11(9)12/h2-6,10H,1,7H2,(H2,12,13)/b5-4+. The van der Waals surface area contributed by atoms with E-state index in [1.54, 1.807) is 6.20 Å². The van der Waals surface area contributed by atoms with Gasteiger partial charge in [0.15, 0.2) is 0 Å². The molecule has 0 aliphatic heterocycles. The summed E-state index contributed by atoms with van der Waals surface area (Å²) >= 11 is 0. The predicted octanol–water partition coefficient (Wildman–Crippen LogP) is 2.25. The number of nitrogens with two attached hydrogens (primary N) is 1. The maximum absolute atomic E-state index is 5.68. The Morgan fingerprint density at radius 3 is 3.00 bits per heavy atom. The summed E-state index contributed by atoms with van der Waals surface area (Å²) in [6.07, 6.45) is 6.97. The SMILES string of the molecule is C=C1CC1/C=C/c1cccnc1N. The van der Waals surface area contributed by atoms with Crippen molar-refractivity contribution in [2.45, 2.75) is 6.42 Å².